The summed E-state index contributed by atoms with van der Waals surface area (Å²) in [7, 11) is 0. The lowest BCUT2D eigenvalue weighted by Gasteiger charge is -2.31. The fraction of sp³-hybridized carbons (Fsp3) is 0.467. The van der Waals surface area contributed by atoms with Crippen molar-refractivity contribution in [2.75, 3.05) is 25.0 Å². The number of likely N-dealkylation sites (tertiary alicyclic amines) is 1. The maximum absolute atomic E-state index is 4.40. The molecule has 4 nitrogen and oxygen atoms in total. The summed E-state index contributed by atoms with van der Waals surface area (Å²) < 4.78 is 0. The van der Waals surface area contributed by atoms with Gasteiger partial charge in [0.25, 0.3) is 0 Å². The van der Waals surface area contributed by atoms with E-state index < -0.39 is 0 Å². The van der Waals surface area contributed by atoms with Crippen molar-refractivity contribution < 1.29 is 0 Å². The normalized spacial score (nSPS) is 17.7. The highest BCUT2D eigenvalue weighted by atomic mass is 15.1. The Morgan fingerprint density at radius 1 is 1.21 bits per heavy atom. The summed E-state index contributed by atoms with van der Waals surface area (Å²) >= 11 is 0. The zero-order chi connectivity index (χ0) is 13.1. The van der Waals surface area contributed by atoms with Crippen LogP contribution in [0.5, 0.6) is 0 Å². The van der Waals surface area contributed by atoms with Crippen molar-refractivity contribution >= 4 is 16.7 Å². The van der Waals surface area contributed by atoms with Crippen LogP contribution in [0.2, 0.25) is 0 Å². The number of fused-ring (bicyclic) bond motifs is 1. The lowest BCUT2D eigenvalue weighted by Crippen LogP contribution is -2.39. The van der Waals surface area contributed by atoms with E-state index in [1.165, 1.54) is 25.9 Å². The van der Waals surface area contributed by atoms with Crippen LogP contribution in [0.15, 0.2) is 30.6 Å². The molecule has 1 aromatic heterocycles. The minimum atomic E-state index is 0.529. The number of rotatable bonds is 3. The van der Waals surface area contributed by atoms with Crippen LogP contribution in [0.4, 0.5) is 5.82 Å². The summed E-state index contributed by atoms with van der Waals surface area (Å²) in [5.74, 6) is 0.973. The molecule has 0 aliphatic carbocycles. The minimum absolute atomic E-state index is 0.529. The largest absolute Gasteiger partial charge is 0.367 e. The molecule has 0 atom stereocenters. The van der Waals surface area contributed by atoms with Gasteiger partial charge in [0, 0.05) is 24.5 Å². The van der Waals surface area contributed by atoms with Gasteiger partial charge in [-0.2, -0.15) is 0 Å². The van der Waals surface area contributed by atoms with Gasteiger partial charge in [0.15, 0.2) is 0 Å². The number of aromatic nitrogens is 2. The molecule has 100 valence electrons. The SMILES string of the molecule is CCN1CCC(Nc2ncnc3ccccc23)CC1. The molecule has 0 unspecified atom stereocenters. The van der Waals surface area contributed by atoms with E-state index in [-0.39, 0.29) is 0 Å². The monoisotopic (exact) mass is 256 g/mol. The number of nitrogens with one attached hydrogen (secondary N) is 1. The highest BCUT2D eigenvalue weighted by Crippen LogP contribution is 2.21. The summed E-state index contributed by atoms with van der Waals surface area (Å²) in [5.41, 5.74) is 1.01. The van der Waals surface area contributed by atoms with Gasteiger partial charge in [0.2, 0.25) is 0 Å². The van der Waals surface area contributed by atoms with Crippen molar-refractivity contribution in [2.24, 2.45) is 0 Å². The summed E-state index contributed by atoms with van der Waals surface area (Å²) in [5, 5.41) is 4.70. The first-order chi connectivity index (χ1) is 9.36. The van der Waals surface area contributed by atoms with E-state index in [4.69, 9.17) is 0 Å². The molecule has 2 heterocycles. The van der Waals surface area contributed by atoms with Gasteiger partial charge >= 0.3 is 0 Å². The molecule has 0 radical (unpaired) electrons. The Balaban J connectivity index is 1.75. The Morgan fingerprint density at radius 3 is 2.79 bits per heavy atom. The van der Waals surface area contributed by atoms with Crippen LogP contribution >= 0.6 is 0 Å². The van der Waals surface area contributed by atoms with Crippen LogP contribution < -0.4 is 5.32 Å². The van der Waals surface area contributed by atoms with Gasteiger partial charge in [-0.05, 0) is 31.5 Å². The van der Waals surface area contributed by atoms with E-state index in [1.54, 1.807) is 6.33 Å². The quantitative estimate of drug-likeness (QED) is 0.916. The van der Waals surface area contributed by atoms with Crippen LogP contribution in [0, 0.1) is 0 Å². The molecule has 1 aliphatic rings. The third-order valence-electron chi connectivity index (χ3n) is 3.92. The lowest BCUT2D eigenvalue weighted by molar-refractivity contribution is 0.229. The average molecular weight is 256 g/mol. The first kappa shape index (κ1) is 12.4. The molecule has 2 aromatic rings. The number of hydrogen-bond donors (Lipinski definition) is 1. The summed E-state index contributed by atoms with van der Waals surface area (Å²) in [6.45, 7) is 5.74. The zero-order valence-electron chi connectivity index (χ0n) is 11.3. The summed E-state index contributed by atoms with van der Waals surface area (Å²) in [6.07, 6.45) is 4.02. The molecule has 3 rings (SSSR count). The maximum atomic E-state index is 4.40. The van der Waals surface area contributed by atoms with Gasteiger partial charge in [-0.25, -0.2) is 9.97 Å². The van der Waals surface area contributed by atoms with Crippen molar-refractivity contribution in [2.45, 2.75) is 25.8 Å². The predicted octanol–water partition coefficient (Wildman–Crippen LogP) is 2.53. The van der Waals surface area contributed by atoms with Crippen LogP contribution in [0.1, 0.15) is 19.8 Å². The second kappa shape index (κ2) is 5.53. The Hall–Kier alpha value is -1.68. The summed E-state index contributed by atoms with van der Waals surface area (Å²) in [4.78, 5) is 11.2. The van der Waals surface area contributed by atoms with Crippen molar-refractivity contribution in [1.82, 2.24) is 14.9 Å². The van der Waals surface area contributed by atoms with Gasteiger partial charge in [0.1, 0.15) is 12.1 Å². The molecule has 0 bridgehead atoms. The molecule has 1 fully saturated rings. The average Bonchev–Trinajstić information content (AvgIpc) is 2.48. The van der Waals surface area contributed by atoms with E-state index in [1.807, 2.05) is 18.2 Å². The Bertz CT molecular complexity index is 541. The van der Waals surface area contributed by atoms with Crippen LogP contribution in [-0.4, -0.2) is 40.5 Å². The van der Waals surface area contributed by atoms with Gasteiger partial charge in [-0.3, -0.25) is 0 Å². The highest BCUT2D eigenvalue weighted by molar-refractivity contribution is 5.88. The molecule has 4 heteroatoms. The number of benzene rings is 1. The third kappa shape index (κ3) is 2.68. The van der Waals surface area contributed by atoms with Crippen molar-refractivity contribution in [1.29, 1.82) is 0 Å². The number of nitrogens with zero attached hydrogens (tertiary/aromatic N) is 3. The minimum Gasteiger partial charge on any atom is -0.367 e. The second-order valence-corrected chi connectivity index (χ2v) is 5.09. The predicted molar refractivity (Wildman–Crippen MR) is 78.3 cm³/mol. The van der Waals surface area contributed by atoms with Gasteiger partial charge in [-0.15, -0.1) is 0 Å². The van der Waals surface area contributed by atoms with Crippen molar-refractivity contribution in [3.63, 3.8) is 0 Å². The number of anilines is 1. The topological polar surface area (TPSA) is 41.0 Å². The maximum Gasteiger partial charge on any atom is 0.137 e. The van der Waals surface area contributed by atoms with Crippen LogP contribution in [0.3, 0.4) is 0 Å². The Labute approximate surface area is 113 Å². The Morgan fingerprint density at radius 2 is 2.00 bits per heavy atom. The molecule has 0 amide bonds. The van der Waals surface area contributed by atoms with E-state index >= 15 is 0 Å². The van der Waals surface area contributed by atoms with E-state index in [2.05, 4.69) is 33.2 Å². The molecule has 1 saturated heterocycles. The molecular weight excluding hydrogens is 236 g/mol. The standard InChI is InChI=1S/C15H20N4/c1-2-19-9-7-12(8-10-19)18-15-13-5-3-4-6-14(13)16-11-17-15/h3-6,11-12H,2,7-10H2,1H3,(H,16,17,18). The fourth-order valence-electron chi connectivity index (χ4n) is 2.71. The molecule has 0 saturated carbocycles. The molecule has 19 heavy (non-hydrogen) atoms. The lowest BCUT2D eigenvalue weighted by atomic mass is 10.0. The van der Waals surface area contributed by atoms with Gasteiger partial charge < -0.3 is 10.2 Å². The molecule has 1 aliphatic heterocycles. The number of hydrogen-bond acceptors (Lipinski definition) is 4. The van der Waals surface area contributed by atoms with E-state index in [0.29, 0.717) is 6.04 Å². The fourth-order valence-corrected chi connectivity index (χ4v) is 2.71. The van der Waals surface area contributed by atoms with E-state index in [9.17, 15) is 0 Å². The van der Waals surface area contributed by atoms with E-state index in [0.717, 1.165) is 23.3 Å². The van der Waals surface area contributed by atoms with Crippen LogP contribution in [0.25, 0.3) is 10.9 Å². The Kier molecular flexibility index (Phi) is 3.60. The second-order valence-electron chi connectivity index (χ2n) is 5.09. The van der Waals surface area contributed by atoms with Crippen molar-refractivity contribution in [3.05, 3.63) is 30.6 Å². The first-order valence-corrected chi connectivity index (χ1v) is 7.05. The number of para-hydroxylation sites is 1. The summed E-state index contributed by atoms with van der Waals surface area (Å²) in [6, 6.07) is 8.69. The molecule has 0 spiro atoms. The van der Waals surface area contributed by atoms with Crippen molar-refractivity contribution in [3.8, 4) is 0 Å². The first-order valence-electron chi connectivity index (χ1n) is 7.05. The third-order valence-corrected chi connectivity index (χ3v) is 3.92. The van der Waals surface area contributed by atoms with Gasteiger partial charge in [0.05, 0.1) is 5.52 Å². The molecule has 1 aromatic carbocycles. The number of piperidine rings is 1. The van der Waals surface area contributed by atoms with Crippen LogP contribution in [-0.2, 0) is 0 Å². The zero-order valence-corrected chi connectivity index (χ0v) is 11.3. The highest BCUT2D eigenvalue weighted by Gasteiger charge is 2.18. The molecular formula is C15H20N4. The molecule has 1 N–H and O–H groups in total. The smallest absolute Gasteiger partial charge is 0.137 e. The van der Waals surface area contributed by atoms with Gasteiger partial charge in [-0.1, -0.05) is 19.1 Å².